The summed E-state index contributed by atoms with van der Waals surface area (Å²) in [6.07, 6.45) is 5.51. The fraction of sp³-hybridized carbons (Fsp3) is 0.476. The van der Waals surface area contributed by atoms with Crippen molar-refractivity contribution in [2.24, 2.45) is 0 Å². The van der Waals surface area contributed by atoms with Gasteiger partial charge in [-0.05, 0) is 64.2 Å². The molecule has 0 radical (unpaired) electrons. The average Bonchev–Trinajstić information content (AvgIpc) is 3.17. The first-order chi connectivity index (χ1) is 13.0. The van der Waals surface area contributed by atoms with E-state index in [9.17, 15) is 10.1 Å². The molecule has 27 heavy (non-hydrogen) atoms. The van der Waals surface area contributed by atoms with Gasteiger partial charge in [0.1, 0.15) is 11.6 Å². The molecule has 2 rings (SSSR count). The summed E-state index contributed by atoms with van der Waals surface area (Å²) in [7, 11) is 0. The zero-order valence-electron chi connectivity index (χ0n) is 16.6. The van der Waals surface area contributed by atoms with Gasteiger partial charge in [-0.3, -0.25) is 4.79 Å². The van der Waals surface area contributed by atoms with Gasteiger partial charge in [-0.15, -0.1) is 11.3 Å². The number of nitrogens with zero attached hydrogens (tertiary/aromatic N) is 3. The topological polar surface area (TPSA) is 70.7 Å². The molecule has 5 nitrogen and oxygen atoms in total. The first kappa shape index (κ1) is 20.9. The fourth-order valence-corrected chi connectivity index (χ4v) is 3.88. The van der Waals surface area contributed by atoms with Crippen molar-refractivity contribution < 1.29 is 4.79 Å². The van der Waals surface area contributed by atoms with Crippen LogP contribution in [0.15, 0.2) is 17.0 Å². The maximum absolute atomic E-state index is 12.3. The van der Waals surface area contributed by atoms with Gasteiger partial charge in [-0.2, -0.15) is 5.26 Å². The molecule has 1 N–H and O–H groups in total. The van der Waals surface area contributed by atoms with E-state index in [-0.39, 0.29) is 11.5 Å². The lowest BCUT2D eigenvalue weighted by Crippen LogP contribution is -2.25. The largest absolute Gasteiger partial charge is 0.351 e. The van der Waals surface area contributed by atoms with Gasteiger partial charge in [0.05, 0.1) is 5.01 Å². The second kappa shape index (κ2) is 10.1. The Labute approximate surface area is 165 Å². The predicted octanol–water partition coefficient (Wildman–Crippen LogP) is 4.33. The third kappa shape index (κ3) is 5.80. The molecule has 0 aliphatic heterocycles. The summed E-state index contributed by atoms with van der Waals surface area (Å²) in [5.41, 5.74) is 4.39. The number of hydrogen-bond acceptors (Lipinski definition) is 4. The number of nitriles is 1. The van der Waals surface area contributed by atoms with Gasteiger partial charge in [-0.1, -0.05) is 6.92 Å². The highest BCUT2D eigenvalue weighted by atomic mass is 32.1. The smallest absolute Gasteiger partial charge is 0.261 e. The normalized spacial score (nSPS) is 11.4. The number of amides is 1. The third-order valence-electron chi connectivity index (χ3n) is 4.49. The highest BCUT2D eigenvalue weighted by Gasteiger charge is 2.12. The van der Waals surface area contributed by atoms with Crippen LogP contribution in [0.4, 0.5) is 0 Å². The van der Waals surface area contributed by atoms with Crippen molar-refractivity contribution in [3.63, 3.8) is 0 Å². The van der Waals surface area contributed by atoms with Crippen molar-refractivity contribution in [1.82, 2.24) is 14.9 Å². The molecule has 0 spiro atoms. The molecule has 0 aliphatic carbocycles. The second-order valence-corrected chi connectivity index (χ2v) is 7.69. The van der Waals surface area contributed by atoms with Crippen LogP contribution in [0, 0.1) is 32.1 Å². The van der Waals surface area contributed by atoms with E-state index in [0.717, 1.165) is 59.9 Å². The van der Waals surface area contributed by atoms with Gasteiger partial charge in [0, 0.05) is 35.6 Å². The molecule has 6 heteroatoms. The summed E-state index contributed by atoms with van der Waals surface area (Å²) in [5, 5.41) is 15.4. The maximum atomic E-state index is 12.3. The van der Waals surface area contributed by atoms with Gasteiger partial charge in [0.2, 0.25) is 0 Å². The quantitative estimate of drug-likeness (QED) is 0.397. The zero-order valence-corrected chi connectivity index (χ0v) is 17.4. The maximum Gasteiger partial charge on any atom is 0.261 e. The Bertz CT molecular complexity index is 854. The first-order valence-electron chi connectivity index (χ1n) is 9.44. The molecule has 0 atom stereocenters. The minimum Gasteiger partial charge on any atom is -0.351 e. The Kier molecular flexibility index (Phi) is 7.81. The number of hydrogen-bond donors (Lipinski definition) is 1. The predicted molar refractivity (Wildman–Crippen MR) is 111 cm³/mol. The van der Waals surface area contributed by atoms with Gasteiger partial charge >= 0.3 is 0 Å². The average molecular weight is 385 g/mol. The van der Waals surface area contributed by atoms with E-state index in [0.29, 0.717) is 6.54 Å². The summed E-state index contributed by atoms with van der Waals surface area (Å²) in [5.74, 6) is -0.303. The molecule has 1 amide bonds. The number of carbonyl (C=O) groups is 1. The lowest BCUT2D eigenvalue weighted by Gasteiger charge is -2.07. The number of aryl methyl sites for hydroxylation is 3. The Hall–Kier alpha value is -2.39. The standard InChI is InChI=1S/C21H28N4OS/c1-5-10-25-16(3)11-18(17(25)4)12-19(13-22)21(26)23-9-7-6-8-20-24-15(2)14-27-20/h11-12,14H,5-10H2,1-4H3,(H,23,26)/b19-12-. The van der Waals surface area contributed by atoms with Crippen molar-refractivity contribution in [2.45, 2.75) is 59.9 Å². The van der Waals surface area contributed by atoms with E-state index in [4.69, 9.17) is 0 Å². The Morgan fingerprint density at radius 2 is 2.15 bits per heavy atom. The molecule has 0 bridgehead atoms. The lowest BCUT2D eigenvalue weighted by molar-refractivity contribution is -0.117. The van der Waals surface area contributed by atoms with Crippen LogP contribution in [-0.4, -0.2) is 22.0 Å². The number of thiazole rings is 1. The Morgan fingerprint density at radius 3 is 2.78 bits per heavy atom. The van der Waals surface area contributed by atoms with Crippen LogP contribution in [0.1, 0.15) is 53.8 Å². The van der Waals surface area contributed by atoms with Crippen LogP contribution < -0.4 is 5.32 Å². The van der Waals surface area contributed by atoms with Crippen molar-refractivity contribution in [3.8, 4) is 6.07 Å². The molecule has 2 aromatic heterocycles. The molecule has 0 saturated carbocycles. The summed E-state index contributed by atoms with van der Waals surface area (Å²) in [6.45, 7) is 9.72. The van der Waals surface area contributed by atoms with Gasteiger partial charge < -0.3 is 9.88 Å². The van der Waals surface area contributed by atoms with Crippen LogP contribution in [0.2, 0.25) is 0 Å². The number of unbranched alkanes of at least 4 members (excludes halogenated alkanes) is 1. The summed E-state index contributed by atoms with van der Waals surface area (Å²) in [4.78, 5) is 16.8. The molecule has 0 unspecified atom stereocenters. The van der Waals surface area contributed by atoms with Gasteiger partial charge in [0.15, 0.2) is 0 Å². The van der Waals surface area contributed by atoms with E-state index >= 15 is 0 Å². The molecular weight excluding hydrogens is 356 g/mol. The molecule has 144 valence electrons. The SMILES string of the molecule is CCCn1c(C)cc(/C=C(/C#N)C(=O)NCCCCc2nc(C)cs2)c1C. The van der Waals surface area contributed by atoms with Crippen molar-refractivity contribution in [3.05, 3.63) is 44.7 Å². The van der Waals surface area contributed by atoms with Crippen LogP contribution in [0.3, 0.4) is 0 Å². The highest BCUT2D eigenvalue weighted by molar-refractivity contribution is 7.09. The van der Waals surface area contributed by atoms with Crippen LogP contribution in [0.5, 0.6) is 0 Å². The molecule has 0 aromatic carbocycles. The van der Waals surface area contributed by atoms with E-state index in [1.807, 2.05) is 26.0 Å². The number of nitrogens with one attached hydrogen (secondary N) is 1. The molecule has 0 saturated heterocycles. The van der Waals surface area contributed by atoms with Crippen molar-refractivity contribution in [2.75, 3.05) is 6.54 Å². The van der Waals surface area contributed by atoms with Crippen LogP contribution in [0.25, 0.3) is 6.08 Å². The fourth-order valence-electron chi connectivity index (χ4n) is 3.06. The number of aromatic nitrogens is 2. The summed E-state index contributed by atoms with van der Waals surface area (Å²) < 4.78 is 2.22. The number of carbonyl (C=O) groups excluding carboxylic acids is 1. The highest BCUT2D eigenvalue weighted by Crippen LogP contribution is 2.19. The van der Waals surface area contributed by atoms with Crippen molar-refractivity contribution >= 4 is 23.3 Å². The Balaban J connectivity index is 1.89. The van der Waals surface area contributed by atoms with Crippen LogP contribution in [-0.2, 0) is 17.8 Å². The van der Waals surface area contributed by atoms with E-state index in [1.165, 1.54) is 0 Å². The monoisotopic (exact) mass is 384 g/mol. The third-order valence-corrected chi connectivity index (χ3v) is 5.52. The summed E-state index contributed by atoms with van der Waals surface area (Å²) >= 11 is 1.68. The molecule has 0 aliphatic rings. The van der Waals surface area contributed by atoms with E-state index in [1.54, 1.807) is 17.4 Å². The zero-order chi connectivity index (χ0) is 19.8. The minimum atomic E-state index is -0.303. The van der Waals surface area contributed by atoms with Gasteiger partial charge in [-0.25, -0.2) is 4.98 Å². The molecular formula is C21H28N4OS. The minimum absolute atomic E-state index is 0.155. The summed E-state index contributed by atoms with van der Waals surface area (Å²) in [6, 6.07) is 4.07. The lowest BCUT2D eigenvalue weighted by atomic mass is 10.1. The second-order valence-electron chi connectivity index (χ2n) is 6.74. The first-order valence-corrected chi connectivity index (χ1v) is 10.3. The van der Waals surface area contributed by atoms with Crippen LogP contribution >= 0.6 is 11.3 Å². The Morgan fingerprint density at radius 1 is 1.37 bits per heavy atom. The number of rotatable bonds is 9. The van der Waals surface area contributed by atoms with E-state index in [2.05, 4.69) is 34.1 Å². The van der Waals surface area contributed by atoms with E-state index < -0.39 is 0 Å². The van der Waals surface area contributed by atoms with Gasteiger partial charge in [0.25, 0.3) is 5.91 Å². The molecule has 0 fully saturated rings. The molecule has 2 aromatic rings. The molecule has 2 heterocycles. The van der Waals surface area contributed by atoms with Crippen molar-refractivity contribution in [1.29, 1.82) is 5.26 Å².